The number of carbonyl (C=O) groups excluding carboxylic acids is 2. The summed E-state index contributed by atoms with van der Waals surface area (Å²) in [6.45, 7) is 0.592. The molecule has 1 amide bonds. The van der Waals surface area contributed by atoms with Gasteiger partial charge in [0.15, 0.2) is 0 Å². The first kappa shape index (κ1) is 16.2. The zero-order valence-electron chi connectivity index (χ0n) is 12.7. The lowest BCUT2D eigenvalue weighted by atomic mass is 10.1. The minimum atomic E-state index is -0.693. The summed E-state index contributed by atoms with van der Waals surface area (Å²) in [5.74, 6) is -0.704. The molecule has 0 unspecified atom stereocenters. The second kappa shape index (κ2) is 8.34. The molecule has 1 aliphatic rings. The maximum atomic E-state index is 12.0. The van der Waals surface area contributed by atoms with Crippen LogP contribution in [0.2, 0.25) is 0 Å². The molecule has 1 aromatic carbocycles. The Labute approximate surface area is 130 Å². The minimum Gasteiger partial charge on any atom is -0.467 e. The van der Waals surface area contributed by atoms with Crippen LogP contribution in [0, 0.1) is 0 Å². The molecule has 2 rings (SSSR count). The zero-order chi connectivity index (χ0) is 15.8. The molecule has 0 aromatic heterocycles. The van der Waals surface area contributed by atoms with E-state index in [9.17, 15) is 9.59 Å². The van der Waals surface area contributed by atoms with Crippen molar-refractivity contribution in [2.45, 2.75) is 31.4 Å². The van der Waals surface area contributed by atoms with Crippen LogP contribution in [-0.2, 0) is 19.1 Å². The number of ether oxygens (including phenoxy) is 2. The molecule has 2 atom stereocenters. The normalized spacial score (nSPS) is 19.0. The van der Waals surface area contributed by atoms with Crippen molar-refractivity contribution in [1.82, 2.24) is 5.32 Å². The van der Waals surface area contributed by atoms with Gasteiger partial charge in [-0.05, 0) is 24.8 Å². The number of amides is 1. The van der Waals surface area contributed by atoms with E-state index in [0.29, 0.717) is 19.4 Å². The van der Waals surface area contributed by atoms with Crippen LogP contribution < -0.4 is 5.32 Å². The summed E-state index contributed by atoms with van der Waals surface area (Å²) >= 11 is 0. The van der Waals surface area contributed by atoms with Gasteiger partial charge in [0, 0.05) is 6.61 Å². The largest absolute Gasteiger partial charge is 0.467 e. The molecule has 118 valence electrons. The maximum absolute atomic E-state index is 12.0. The van der Waals surface area contributed by atoms with E-state index in [1.165, 1.54) is 7.11 Å². The van der Waals surface area contributed by atoms with Gasteiger partial charge in [0.05, 0.1) is 7.11 Å². The Hall–Kier alpha value is -2.14. The Kier molecular flexibility index (Phi) is 6.15. The molecule has 1 heterocycles. The van der Waals surface area contributed by atoms with Crippen LogP contribution in [-0.4, -0.2) is 37.7 Å². The van der Waals surface area contributed by atoms with E-state index in [-0.39, 0.29) is 5.91 Å². The van der Waals surface area contributed by atoms with Crippen LogP contribution in [0.15, 0.2) is 36.4 Å². The number of hydrogen-bond acceptors (Lipinski definition) is 4. The van der Waals surface area contributed by atoms with Gasteiger partial charge in [-0.1, -0.05) is 42.5 Å². The van der Waals surface area contributed by atoms with Gasteiger partial charge in [-0.3, -0.25) is 4.79 Å². The molecule has 5 nitrogen and oxygen atoms in total. The van der Waals surface area contributed by atoms with Crippen molar-refractivity contribution >= 4 is 18.0 Å². The summed E-state index contributed by atoms with van der Waals surface area (Å²) in [6, 6.07) is 9.06. The molecule has 0 saturated carbocycles. The van der Waals surface area contributed by atoms with Crippen molar-refractivity contribution in [3.05, 3.63) is 42.0 Å². The highest BCUT2D eigenvalue weighted by Gasteiger charge is 2.28. The number of esters is 1. The molecule has 0 bridgehead atoms. The van der Waals surface area contributed by atoms with E-state index in [4.69, 9.17) is 9.47 Å². The highest BCUT2D eigenvalue weighted by Crippen LogP contribution is 2.13. The van der Waals surface area contributed by atoms with E-state index >= 15 is 0 Å². The topological polar surface area (TPSA) is 64.6 Å². The minimum absolute atomic E-state index is 0.249. The Morgan fingerprint density at radius 3 is 2.82 bits per heavy atom. The van der Waals surface area contributed by atoms with Crippen LogP contribution in [0.25, 0.3) is 6.08 Å². The number of benzene rings is 1. The molecule has 1 saturated heterocycles. The number of hydrogen-bond donors (Lipinski definition) is 1. The molecule has 1 N–H and O–H groups in total. The second-order valence-electron chi connectivity index (χ2n) is 5.13. The molecule has 1 aromatic rings. The fourth-order valence-electron chi connectivity index (χ4n) is 2.31. The number of methoxy groups -OCH3 is 1. The number of carbonyl (C=O) groups is 2. The number of rotatable bonds is 6. The predicted octanol–water partition coefficient (Wildman–Crippen LogP) is 1.93. The molecule has 1 aliphatic heterocycles. The highest BCUT2D eigenvalue weighted by molar-refractivity contribution is 5.87. The molecule has 1 fully saturated rings. The fourth-order valence-corrected chi connectivity index (χ4v) is 2.31. The van der Waals surface area contributed by atoms with E-state index < -0.39 is 18.1 Å². The monoisotopic (exact) mass is 303 g/mol. The standard InChI is InChI=1S/C17H21NO4/c1-21-17(20)14(18-16(19)15-11-6-12-22-15)10-5-9-13-7-3-2-4-8-13/h2-5,7-9,14-15H,6,10-12H2,1H3,(H,18,19)/b9-5+/t14-,15+/m0/s1. The van der Waals surface area contributed by atoms with Gasteiger partial charge in [0.1, 0.15) is 12.1 Å². The Morgan fingerprint density at radius 1 is 1.41 bits per heavy atom. The Morgan fingerprint density at radius 2 is 2.18 bits per heavy atom. The third kappa shape index (κ3) is 4.70. The lowest BCUT2D eigenvalue weighted by molar-refractivity contribution is -0.146. The van der Waals surface area contributed by atoms with Gasteiger partial charge >= 0.3 is 5.97 Å². The second-order valence-corrected chi connectivity index (χ2v) is 5.13. The smallest absolute Gasteiger partial charge is 0.328 e. The van der Waals surface area contributed by atoms with Gasteiger partial charge < -0.3 is 14.8 Å². The van der Waals surface area contributed by atoms with Crippen molar-refractivity contribution in [1.29, 1.82) is 0 Å². The summed E-state index contributed by atoms with van der Waals surface area (Å²) in [5.41, 5.74) is 1.04. The average Bonchev–Trinajstić information content (AvgIpc) is 3.08. The van der Waals surface area contributed by atoms with Crippen LogP contribution in [0.5, 0.6) is 0 Å². The first-order chi connectivity index (χ1) is 10.7. The molecule has 0 spiro atoms. The Bertz CT molecular complexity index is 521. The van der Waals surface area contributed by atoms with Crippen LogP contribution in [0.3, 0.4) is 0 Å². The van der Waals surface area contributed by atoms with Gasteiger partial charge in [-0.25, -0.2) is 4.79 Å². The zero-order valence-corrected chi connectivity index (χ0v) is 12.7. The molecular formula is C17H21NO4. The van der Waals surface area contributed by atoms with E-state index in [1.54, 1.807) is 0 Å². The number of nitrogens with one attached hydrogen (secondary N) is 1. The SMILES string of the molecule is COC(=O)[C@H](C/C=C/c1ccccc1)NC(=O)[C@H]1CCCO1. The van der Waals surface area contributed by atoms with Gasteiger partial charge in [-0.2, -0.15) is 0 Å². The highest BCUT2D eigenvalue weighted by atomic mass is 16.5. The molecule has 0 aliphatic carbocycles. The summed E-state index contributed by atoms with van der Waals surface area (Å²) in [4.78, 5) is 23.8. The third-order valence-corrected chi connectivity index (χ3v) is 3.51. The summed E-state index contributed by atoms with van der Waals surface area (Å²) in [7, 11) is 1.31. The lowest BCUT2D eigenvalue weighted by Crippen LogP contribution is -2.45. The quantitative estimate of drug-likeness (QED) is 0.816. The van der Waals surface area contributed by atoms with E-state index in [1.807, 2.05) is 42.5 Å². The predicted molar refractivity (Wildman–Crippen MR) is 83.0 cm³/mol. The van der Waals surface area contributed by atoms with Crippen LogP contribution >= 0.6 is 0 Å². The van der Waals surface area contributed by atoms with Crippen LogP contribution in [0.1, 0.15) is 24.8 Å². The van der Waals surface area contributed by atoms with Crippen molar-refractivity contribution in [2.75, 3.05) is 13.7 Å². The van der Waals surface area contributed by atoms with Crippen LogP contribution in [0.4, 0.5) is 0 Å². The van der Waals surface area contributed by atoms with E-state index in [2.05, 4.69) is 5.32 Å². The fraction of sp³-hybridized carbons (Fsp3) is 0.412. The maximum Gasteiger partial charge on any atom is 0.328 e. The third-order valence-electron chi connectivity index (χ3n) is 3.51. The molecule has 0 radical (unpaired) electrons. The molecule has 22 heavy (non-hydrogen) atoms. The average molecular weight is 303 g/mol. The van der Waals surface area contributed by atoms with Crippen molar-refractivity contribution in [3.63, 3.8) is 0 Å². The van der Waals surface area contributed by atoms with Crippen molar-refractivity contribution in [2.24, 2.45) is 0 Å². The van der Waals surface area contributed by atoms with Gasteiger partial charge in [0.2, 0.25) is 5.91 Å². The van der Waals surface area contributed by atoms with Crippen molar-refractivity contribution < 1.29 is 19.1 Å². The van der Waals surface area contributed by atoms with E-state index in [0.717, 1.165) is 12.0 Å². The van der Waals surface area contributed by atoms with Crippen molar-refractivity contribution in [3.8, 4) is 0 Å². The summed E-state index contributed by atoms with van der Waals surface area (Å²) < 4.78 is 10.1. The van der Waals surface area contributed by atoms with Gasteiger partial charge in [-0.15, -0.1) is 0 Å². The summed E-state index contributed by atoms with van der Waals surface area (Å²) in [6.07, 6.45) is 5.25. The summed E-state index contributed by atoms with van der Waals surface area (Å²) in [5, 5.41) is 2.71. The van der Waals surface area contributed by atoms with Gasteiger partial charge in [0.25, 0.3) is 0 Å². The molecule has 5 heteroatoms. The molecular weight excluding hydrogens is 282 g/mol. The Balaban J connectivity index is 1.92. The first-order valence-electron chi connectivity index (χ1n) is 7.42. The lowest BCUT2D eigenvalue weighted by Gasteiger charge is -2.17. The first-order valence-corrected chi connectivity index (χ1v) is 7.42.